The molecule has 1 saturated heterocycles. The smallest absolute Gasteiger partial charge is 0.333 e. The molecule has 0 aromatic carbocycles. The van der Waals surface area contributed by atoms with Crippen molar-refractivity contribution in [3.05, 3.63) is 22.8 Å². The zero-order valence-corrected chi connectivity index (χ0v) is 22.0. The van der Waals surface area contributed by atoms with Crippen LogP contribution in [0, 0.1) is 40.9 Å². The van der Waals surface area contributed by atoms with E-state index in [0.29, 0.717) is 24.0 Å². The van der Waals surface area contributed by atoms with Gasteiger partial charge in [-0.3, -0.25) is 28.9 Å². The number of fused-ring (bicyclic) bond motifs is 2. The Bertz CT molecular complexity index is 1140. The van der Waals surface area contributed by atoms with Gasteiger partial charge in [0, 0.05) is 16.9 Å². The van der Waals surface area contributed by atoms with Gasteiger partial charge in [0.2, 0.25) is 11.8 Å². The molecule has 0 bridgehead atoms. The number of rotatable bonds is 6. The van der Waals surface area contributed by atoms with Crippen LogP contribution in [0.15, 0.2) is 22.8 Å². The fourth-order valence-corrected chi connectivity index (χ4v) is 7.38. The summed E-state index contributed by atoms with van der Waals surface area (Å²) in [5, 5.41) is 0. The molecule has 1 aliphatic heterocycles. The first-order valence-electron chi connectivity index (χ1n) is 12.6. The topological polar surface area (TPSA) is 133 Å². The van der Waals surface area contributed by atoms with Crippen LogP contribution in [0.25, 0.3) is 0 Å². The molecule has 0 aromatic heterocycles. The first-order valence-corrected chi connectivity index (χ1v) is 12.6. The van der Waals surface area contributed by atoms with E-state index in [0.717, 1.165) is 4.90 Å². The second-order valence-electron chi connectivity index (χ2n) is 10.3. The Balaban J connectivity index is 1.97. The molecular formula is C27H33NO9. The van der Waals surface area contributed by atoms with E-state index in [2.05, 4.69) is 4.74 Å². The first kappa shape index (κ1) is 26.8. The van der Waals surface area contributed by atoms with E-state index in [9.17, 15) is 28.8 Å². The quantitative estimate of drug-likeness (QED) is 0.294. The fourth-order valence-electron chi connectivity index (χ4n) is 7.38. The predicted molar refractivity (Wildman–Crippen MR) is 127 cm³/mol. The third-order valence-corrected chi connectivity index (χ3v) is 9.13. The molecule has 2 amide bonds. The monoisotopic (exact) mass is 515 g/mol. The van der Waals surface area contributed by atoms with E-state index in [4.69, 9.17) is 9.47 Å². The number of methoxy groups -OCH3 is 3. The lowest BCUT2D eigenvalue weighted by molar-refractivity contribution is -0.151. The van der Waals surface area contributed by atoms with E-state index in [1.54, 1.807) is 6.92 Å². The Morgan fingerprint density at radius 3 is 2.14 bits per heavy atom. The van der Waals surface area contributed by atoms with E-state index >= 15 is 0 Å². The summed E-state index contributed by atoms with van der Waals surface area (Å²) in [6, 6.07) is 0. The van der Waals surface area contributed by atoms with E-state index in [1.807, 2.05) is 13.8 Å². The van der Waals surface area contributed by atoms with Gasteiger partial charge in [-0.1, -0.05) is 32.4 Å². The first-order chi connectivity index (χ1) is 17.5. The summed E-state index contributed by atoms with van der Waals surface area (Å²) in [6.45, 7) is 5.00. The summed E-state index contributed by atoms with van der Waals surface area (Å²) in [7, 11) is 3.65. The van der Waals surface area contributed by atoms with Gasteiger partial charge in [0.15, 0.2) is 5.78 Å². The highest BCUT2D eigenvalue weighted by Crippen LogP contribution is 2.64. The van der Waals surface area contributed by atoms with Crippen LogP contribution in [0.5, 0.6) is 0 Å². The maximum atomic E-state index is 14.2. The maximum Gasteiger partial charge on any atom is 0.333 e. The van der Waals surface area contributed by atoms with Crippen molar-refractivity contribution in [2.45, 2.75) is 40.0 Å². The van der Waals surface area contributed by atoms with Crippen LogP contribution in [0.1, 0.15) is 40.0 Å². The van der Waals surface area contributed by atoms with Crippen molar-refractivity contribution in [2.75, 3.05) is 27.9 Å². The minimum atomic E-state index is -0.950. The molecule has 3 aliphatic carbocycles. The summed E-state index contributed by atoms with van der Waals surface area (Å²) in [6.07, 6.45) is 2.41. The number of Topliss-reactive ketones (excluding diaryl/α,β-unsaturated/α-hetero) is 1. The lowest BCUT2D eigenvalue weighted by Gasteiger charge is -2.39. The van der Waals surface area contributed by atoms with Crippen molar-refractivity contribution in [3.8, 4) is 0 Å². The number of amides is 2. The molecule has 1 unspecified atom stereocenters. The second kappa shape index (κ2) is 9.54. The Kier molecular flexibility index (Phi) is 6.90. The number of ketones is 1. The summed E-state index contributed by atoms with van der Waals surface area (Å²) in [5.41, 5.74) is 0.371. The van der Waals surface area contributed by atoms with Crippen molar-refractivity contribution in [2.24, 2.45) is 40.9 Å². The number of allylic oxidation sites excluding steroid dienone is 2. The minimum Gasteiger partial charge on any atom is -0.469 e. The van der Waals surface area contributed by atoms with Gasteiger partial charge in [-0.25, -0.2) is 4.79 Å². The average molecular weight is 516 g/mol. The van der Waals surface area contributed by atoms with Gasteiger partial charge in [0.25, 0.3) is 0 Å². The van der Waals surface area contributed by atoms with Crippen LogP contribution < -0.4 is 0 Å². The summed E-state index contributed by atoms with van der Waals surface area (Å²) < 4.78 is 14.8. The molecule has 0 aromatic rings. The molecule has 4 rings (SSSR count). The number of imide groups is 1. The van der Waals surface area contributed by atoms with Crippen LogP contribution in [-0.4, -0.2) is 68.3 Å². The Labute approximate surface area is 215 Å². The molecular weight excluding hydrogens is 482 g/mol. The molecule has 0 radical (unpaired) electrons. The number of ether oxygens (including phenoxy) is 3. The molecule has 1 heterocycles. The predicted octanol–water partition coefficient (Wildman–Crippen LogP) is 1.62. The van der Waals surface area contributed by atoms with Crippen LogP contribution in [0.2, 0.25) is 0 Å². The number of esters is 3. The zero-order valence-electron chi connectivity index (χ0n) is 22.0. The number of hydrogen-bond donors (Lipinski definition) is 0. The lowest BCUT2D eigenvalue weighted by atomic mass is 9.61. The van der Waals surface area contributed by atoms with E-state index in [1.165, 1.54) is 27.4 Å². The largest absolute Gasteiger partial charge is 0.469 e. The van der Waals surface area contributed by atoms with Gasteiger partial charge in [0.05, 0.1) is 39.1 Å². The molecule has 0 spiro atoms. The van der Waals surface area contributed by atoms with Gasteiger partial charge in [-0.2, -0.15) is 0 Å². The highest BCUT2D eigenvalue weighted by atomic mass is 16.5. The molecule has 0 saturated carbocycles. The molecule has 1 fully saturated rings. The van der Waals surface area contributed by atoms with Crippen LogP contribution in [-0.2, 0) is 43.0 Å². The van der Waals surface area contributed by atoms with Crippen LogP contribution in [0.3, 0.4) is 0 Å². The maximum absolute atomic E-state index is 14.2. The standard InChI is InChI=1S/C27H33NO9/c1-7-27(8-2)21-15(26(34)37-6)10-13(25(33)36-5)9-14-19(21)17(22(27)30)12(3)18-20(14)24(32)28(23(18)31)11-16(29)35-4/h10,12,14-15,18,20-21H,7-9,11H2,1-6H3/t12-,14+,15+,18-,20+,21?/m0/s1. The number of hydrogen-bond acceptors (Lipinski definition) is 9. The Morgan fingerprint density at radius 1 is 0.973 bits per heavy atom. The van der Waals surface area contributed by atoms with Crippen molar-refractivity contribution < 1.29 is 43.0 Å². The van der Waals surface area contributed by atoms with Gasteiger partial charge >= 0.3 is 17.9 Å². The van der Waals surface area contributed by atoms with Crippen molar-refractivity contribution in [1.29, 1.82) is 0 Å². The van der Waals surface area contributed by atoms with Gasteiger partial charge in [-0.05, 0) is 36.7 Å². The summed E-state index contributed by atoms with van der Waals surface area (Å²) >= 11 is 0. The van der Waals surface area contributed by atoms with E-state index in [-0.39, 0.29) is 17.8 Å². The molecule has 6 atom stereocenters. The van der Waals surface area contributed by atoms with Gasteiger partial charge < -0.3 is 14.2 Å². The fraction of sp³-hybridized carbons (Fsp3) is 0.630. The minimum absolute atomic E-state index is 0.0191. The van der Waals surface area contributed by atoms with E-state index < -0.39 is 77.2 Å². The molecule has 37 heavy (non-hydrogen) atoms. The molecule has 200 valence electrons. The highest BCUT2D eigenvalue weighted by molar-refractivity contribution is 6.12. The van der Waals surface area contributed by atoms with Crippen molar-refractivity contribution in [3.63, 3.8) is 0 Å². The van der Waals surface area contributed by atoms with Crippen molar-refractivity contribution in [1.82, 2.24) is 4.90 Å². The third-order valence-electron chi connectivity index (χ3n) is 9.13. The highest BCUT2D eigenvalue weighted by Gasteiger charge is 2.67. The normalized spacial score (nSPS) is 31.9. The third kappa shape index (κ3) is 3.59. The summed E-state index contributed by atoms with van der Waals surface area (Å²) in [4.78, 5) is 80.3. The number of nitrogens with zero attached hydrogens (tertiary/aromatic N) is 1. The number of likely N-dealkylation sites (tertiary alicyclic amines) is 1. The van der Waals surface area contributed by atoms with Gasteiger partial charge in [0.1, 0.15) is 6.54 Å². The van der Waals surface area contributed by atoms with Crippen LogP contribution in [0.4, 0.5) is 0 Å². The second-order valence-corrected chi connectivity index (χ2v) is 10.3. The Hall–Kier alpha value is -3.30. The van der Waals surface area contributed by atoms with Crippen molar-refractivity contribution >= 4 is 35.5 Å². The lowest BCUT2D eigenvalue weighted by Crippen LogP contribution is -2.41. The van der Waals surface area contributed by atoms with Crippen LogP contribution >= 0.6 is 0 Å². The molecule has 0 N–H and O–H groups in total. The SMILES string of the molecule is CCC1(CC)C(=O)C2=C3C1[C@H](C(=O)OC)C=C(C(=O)OC)C[C@H]3[C@H]1C(=O)N(CC(=O)OC)C(=O)[C@H]1[C@H]2C. The van der Waals surface area contributed by atoms with Gasteiger partial charge in [-0.15, -0.1) is 0 Å². The molecule has 10 heteroatoms. The molecule has 4 aliphatic rings. The number of carbonyl (C=O) groups excluding carboxylic acids is 6. The number of carbonyl (C=O) groups is 6. The molecule has 10 nitrogen and oxygen atoms in total. The average Bonchev–Trinajstić information content (AvgIpc) is 3.21. The zero-order chi connectivity index (χ0) is 27.4. The Morgan fingerprint density at radius 2 is 1.59 bits per heavy atom. The summed E-state index contributed by atoms with van der Waals surface area (Å²) in [5.74, 6) is -7.81.